The summed E-state index contributed by atoms with van der Waals surface area (Å²) in [6, 6.07) is 14.9. The van der Waals surface area contributed by atoms with Gasteiger partial charge < -0.3 is 0 Å². The zero-order chi connectivity index (χ0) is 17.9. The molecule has 3 nitrogen and oxygen atoms in total. The van der Waals surface area contributed by atoms with Gasteiger partial charge in [-0.2, -0.15) is 5.10 Å². The van der Waals surface area contributed by atoms with Crippen LogP contribution in [0.1, 0.15) is 22.5 Å². The number of fused-ring (bicyclic) bond motifs is 1. The highest BCUT2D eigenvalue weighted by Crippen LogP contribution is 2.22. The molecular weight excluding hydrogens is 332 g/mol. The van der Waals surface area contributed by atoms with Crippen LogP contribution in [0.4, 0.5) is 8.78 Å². The molecule has 0 bridgehead atoms. The number of hydrogen-bond donors (Lipinski definition) is 1. The van der Waals surface area contributed by atoms with Gasteiger partial charge in [0.2, 0.25) is 0 Å². The Morgan fingerprint density at radius 2 is 1.88 bits per heavy atom. The van der Waals surface area contributed by atoms with Crippen molar-refractivity contribution in [3.8, 4) is 0 Å². The zero-order valence-corrected chi connectivity index (χ0v) is 13.8. The lowest BCUT2D eigenvalue weighted by molar-refractivity contribution is 0.588. The van der Waals surface area contributed by atoms with Gasteiger partial charge in [-0.25, -0.2) is 8.78 Å². The number of aromatic nitrogens is 3. The third kappa shape index (κ3) is 3.37. The molecule has 2 heterocycles. The van der Waals surface area contributed by atoms with Crippen LogP contribution < -0.4 is 0 Å². The second-order valence-electron chi connectivity index (χ2n) is 5.99. The summed E-state index contributed by atoms with van der Waals surface area (Å²) in [5.41, 5.74) is 3.71. The quantitative estimate of drug-likeness (QED) is 0.565. The van der Waals surface area contributed by atoms with E-state index < -0.39 is 11.6 Å². The van der Waals surface area contributed by atoms with E-state index in [0.29, 0.717) is 12.0 Å². The standard InChI is InChI=1S/C21H15F2N3/c22-16-5-7-19(23)15(13-16)11-14-4-8-20-18(12-14)21(26-25-20)9-6-17-3-1-2-10-24-17/h1-10,12-13H,11H2,(H,25,26). The predicted octanol–water partition coefficient (Wildman–Crippen LogP) is 5.00. The lowest BCUT2D eigenvalue weighted by Crippen LogP contribution is -1.94. The number of pyridine rings is 1. The molecule has 0 unspecified atom stereocenters. The Hall–Kier alpha value is -3.34. The average molecular weight is 347 g/mol. The topological polar surface area (TPSA) is 41.6 Å². The number of nitrogens with zero attached hydrogens (tertiary/aromatic N) is 2. The highest BCUT2D eigenvalue weighted by Gasteiger charge is 2.08. The monoisotopic (exact) mass is 347 g/mol. The number of H-pyrrole nitrogens is 1. The van der Waals surface area contributed by atoms with Crippen LogP contribution in [0.15, 0.2) is 60.8 Å². The summed E-state index contributed by atoms with van der Waals surface area (Å²) in [6.07, 6.45) is 5.81. The Labute approximate surface area is 149 Å². The van der Waals surface area contributed by atoms with Gasteiger partial charge in [0, 0.05) is 18.0 Å². The average Bonchev–Trinajstić information content (AvgIpc) is 3.06. The number of rotatable bonds is 4. The van der Waals surface area contributed by atoms with Crippen LogP contribution in [0.25, 0.3) is 23.1 Å². The molecule has 2 aromatic carbocycles. The number of aromatic amines is 1. The van der Waals surface area contributed by atoms with Crippen molar-refractivity contribution in [3.63, 3.8) is 0 Å². The van der Waals surface area contributed by atoms with Gasteiger partial charge in [-0.3, -0.25) is 10.1 Å². The Kier molecular flexibility index (Phi) is 4.27. The van der Waals surface area contributed by atoms with Gasteiger partial charge in [-0.15, -0.1) is 0 Å². The highest BCUT2D eigenvalue weighted by molar-refractivity contribution is 5.89. The SMILES string of the molecule is Fc1ccc(F)c(Cc2ccc3[nH]nc(C=Cc4ccccn4)c3c2)c1. The molecule has 0 fully saturated rings. The van der Waals surface area contributed by atoms with Crippen LogP contribution >= 0.6 is 0 Å². The van der Waals surface area contributed by atoms with Crippen LogP contribution in [0.5, 0.6) is 0 Å². The molecule has 0 radical (unpaired) electrons. The van der Waals surface area contributed by atoms with Crippen LogP contribution in [0.2, 0.25) is 0 Å². The van der Waals surface area contributed by atoms with Gasteiger partial charge in [0.25, 0.3) is 0 Å². The Morgan fingerprint density at radius 1 is 0.962 bits per heavy atom. The molecule has 128 valence electrons. The van der Waals surface area contributed by atoms with Crippen molar-refractivity contribution in [2.75, 3.05) is 0 Å². The van der Waals surface area contributed by atoms with E-state index in [2.05, 4.69) is 15.2 Å². The minimum Gasteiger partial charge on any atom is -0.277 e. The first-order valence-corrected chi connectivity index (χ1v) is 8.19. The number of nitrogens with one attached hydrogen (secondary N) is 1. The van der Waals surface area contributed by atoms with Gasteiger partial charge >= 0.3 is 0 Å². The van der Waals surface area contributed by atoms with Gasteiger partial charge in [0.15, 0.2) is 0 Å². The van der Waals surface area contributed by atoms with Gasteiger partial charge in [-0.1, -0.05) is 12.1 Å². The zero-order valence-electron chi connectivity index (χ0n) is 13.8. The molecule has 1 N–H and O–H groups in total. The van der Waals surface area contributed by atoms with Crippen molar-refractivity contribution in [2.24, 2.45) is 0 Å². The first-order valence-electron chi connectivity index (χ1n) is 8.19. The van der Waals surface area contributed by atoms with Gasteiger partial charge in [0.05, 0.1) is 16.9 Å². The molecule has 5 heteroatoms. The predicted molar refractivity (Wildman–Crippen MR) is 98.4 cm³/mol. The van der Waals surface area contributed by atoms with Crippen molar-refractivity contribution in [3.05, 3.63) is 94.9 Å². The summed E-state index contributed by atoms with van der Waals surface area (Å²) in [6.45, 7) is 0. The van der Waals surface area contributed by atoms with Crippen molar-refractivity contribution in [1.82, 2.24) is 15.2 Å². The Morgan fingerprint density at radius 3 is 2.73 bits per heavy atom. The fourth-order valence-corrected chi connectivity index (χ4v) is 2.86. The molecule has 0 aliphatic rings. The fraction of sp³-hybridized carbons (Fsp3) is 0.0476. The maximum atomic E-state index is 13.9. The molecule has 0 spiro atoms. The van der Waals surface area contributed by atoms with E-state index in [-0.39, 0.29) is 0 Å². The molecule has 0 atom stereocenters. The maximum absolute atomic E-state index is 13.9. The Balaban J connectivity index is 1.66. The van der Waals surface area contributed by atoms with Crippen LogP contribution in [-0.4, -0.2) is 15.2 Å². The molecule has 4 rings (SSSR count). The molecule has 26 heavy (non-hydrogen) atoms. The van der Waals surface area contributed by atoms with E-state index >= 15 is 0 Å². The third-order valence-electron chi connectivity index (χ3n) is 4.16. The summed E-state index contributed by atoms with van der Waals surface area (Å²) < 4.78 is 27.3. The molecule has 4 aromatic rings. The van der Waals surface area contributed by atoms with Crippen LogP contribution in [0.3, 0.4) is 0 Å². The number of halogens is 2. The smallest absolute Gasteiger partial charge is 0.126 e. The first kappa shape index (κ1) is 16.1. The second-order valence-corrected chi connectivity index (χ2v) is 5.99. The molecule has 0 amide bonds. The van der Waals surface area contributed by atoms with Gasteiger partial charge in [0.1, 0.15) is 11.6 Å². The summed E-state index contributed by atoms with van der Waals surface area (Å²) in [7, 11) is 0. The largest absolute Gasteiger partial charge is 0.277 e. The highest BCUT2D eigenvalue weighted by atomic mass is 19.1. The molecule has 0 aliphatic heterocycles. The van der Waals surface area contributed by atoms with Gasteiger partial charge in [-0.05, 0) is 65.7 Å². The summed E-state index contributed by atoms with van der Waals surface area (Å²) in [5, 5.41) is 8.22. The van der Waals surface area contributed by atoms with E-state index in [0.717, 1.165) is 40.0 Å². The lowest BCUT2D eigenvalue weighted by atomic mass is 10.0. The van der Waals surface area contributed by atoms with E-state index in [1.54, 1.807) is 6.20 Å². The fourth-order valence-electron chi connectivity index (χ4n) is 2.86. The molecule has 2 aromatic heterocycles. The summed E-state index contributed by atoms with van der Waals surface area (Å²) in [4.78, 5) is 4.25. The molecule has 0 aliphatic carbocycles. The normalized spacial score (nSPS) is 11.5. The Bertz CT molecular complexity index is 1090. The third-order valence-corrected chi connectivity index (χ3v) is 4.16. The lowest BCUT2D eigenvalue weighted by Gasteiger charge is -2.04. The second kappa shape index (κ2) is 6.88. The van der Waals surface area contributed by atoms with E-state index in [4.69, 9.17) is 0 Å². The van der Waals surface area contributed by atoms with Crippen molar-refractivity contribution >= 4 is 23.1 Å². The number of hydrogen-bond acceptors (Lipinski definition) is 2. The summed E-state index contributed by atoms with van der Waals surface area (Å²) in [5.74, 6) is -0.848. The summed E-state index contributed by atoms with van der Waals surface area (Å²) >= 11 is 0. The first-order chi connectivity index (χ1) is 12.7. The molecule has 0 saturated heterocycles. The molecule has 0 saturated carbocycles. The van der Waals surface area contributed by atoms with Crippen LogP contribution in [0, 0.1) is 11.6 Å². The number of benzene rings is 2. The minimum absolute atomic E-state index is 0.314. The van der Waals surface area contributed by atoms with E-state index in [9.17, 15) is 8.78 Å². The van der Waals surface area contributed by atoms with E-state index in [1.807, 2.05) is 48.6 Å². The van der Waals surface area contributed by atoms with E-state index in [1.165, 1.54) is 6.07 Å². The maximum Gasteiger partial charge on any atom is 0.126 e. The minimum atomic E-state index is -0.440. The van der Waals surface area contributed by atoms with Crippen molar-refractivity contribution < 1.29 is 8.78 Å². The van der Waals surface area contributed by atoms with Crippen molar-refractivity contribution in [1.29, 1.82) is 0 Å². The molecular formula is C21H15F2N3. The van der Waals surface area contributed by atoms with Crippen molar-refractivity contribution in [2.45, 2.75) is 6.42 Å². The van der Waals surface area contributed by atoms with Crippen LogP contribution in [-0.2, 0) is 6.42 Å².